The van der Waals surface area contributed by atoms with Crippen molar-refractivity contribution in [1.82, 2.24) is 4.98 Å². The summed E-state index contributed by atoms with van der Waals surface area (Å²) in [5.74, 6) is 0.663. The first-order valence-corrected chi connectivity index (χ1v) is 8.33. The first-order valence-electron chi connectivity index (χ1n) is 8.33. The highest BCUT2D eigenvalue weighted by atomic mass is 16.3. The van der Waals surface area contributed by atoms with E-state index in [0.717, 1.165) is 41.6 Å². The van der Waals surface area contributed by atoms with Crippen LogP contribution in [0.2, 0.25) is 0 Å². The van der Waals surface area contributed by atoms with Crippen molar-refractivity contribution in [3.05, 3.63) is 59.5 Å². The molecule has 0 spiro atoms. The number of nitrogens with one attached hydrogen (secondary N) is 1. The molecule has 1 N–H and O–H groups in total. The molecule has 0 bridgehead atoms. The van der Waals surface area contributed by atoms with Crippen LogP contribution in [0.15, 0.2) is 46.9 Å². The molecule has 0 aliphatic heterocycles. The Kier molecular flexibility index (Phi) is 3.41. The largest absolute Gasteiger partial charge is 0.441 e. The van der Waals surface area contributed by atoms with Crippen LogP contribution in [0.4, 0.5) is 5.69 Å². The Morgan fingerprint density at radius 2 is 2.08 bits per heavy atom. The van der Waals surface area contributed by atoms with E-state index in [2.05, 4.69) is 22.4 Å². The number of amides is 1. The monoisotopic (exact) mass is 320 g/mol. The highest BCUT2D eigenvalue weighted by Gasteiger charge is 2.38. The third-order valence-electron chi connectivity index (χ3n) is 4.99. The van der Waals surface area contributed by atoms with E-state index in [-0.39, 0.29) is 5.91 Å². The zero-order chi connectivity index (χ0) is 16.7. The summed E-state index contributed by atoms with van der Waals surface area (Å²) in [6, 6.07) is 13.8. The third kappa shape index (κ3) is 2.39. The van der Waals surface area contributed by atoms with Gasteiger partial charge in [0, 0.05) is 12.6 Å². The van der Waals surface area contributed by atoms with Crippen LogP contribution in [0.25, 0.3) is 11.1 Å². The lowest BCUT2D eigenvalue weighted by Crippen LogP contribution is -2.40. The Morgan fingerprint density at radius 3 is 2.96 bits per heavy atom. The summed E-state index contributed by atoms with van der Waals surface area (Å²) >= 11 is 0. The number of nitrogens with zero attached hydrogens (tertiary/aromatic N) is 1. The second kappa shape index (κ2) is 5.48. The molecule has 3 aromatic rings. The van der Waals surface area contributed by atoms with Gasteiger partial charge in [-0.3, -0.25) is 4.79 Å². The molecule has 0 fully saturated rings. The average Bonchev–Trinajstić information content (AvgIpc) is 2.94. The van der Waals surface area contributed by atoms with E-state index < -0.39 is 5.41 Å². The first-order chi connectivity index (χ1) is 11.6. The van der Waals surface area contributed by atoms with Crippen LogP contribution in [0.5, 0.6) is 0 Å². The number of carbonyl (C=O) groups is 1. The molecule has 2 aromatic carbocycles. The maximum atomic E-state index is 13.0. The highest BCUT2D eigenvalue weighted by Crippen LogP contribution is 2.38. The number of hydrogen-bond donors (Lipinski definition) is 1. The molecule has 4 heteroatoms. The van der Waals surface area contributed by atoms with Gasteiger partial charge in [-0.2, -0.15) is 0 Å². The Labute approximate surface area is 140 Å². The smallest absolute Gasteiger partial charge is 0.234 e. The maximum absolute atomic E-state index is 13.0. The van der Waals surface area contributed by atoms with Gasteiger partial charge >= 0.3 is 0 Å². The molecule has 1 aromatic heterocycles. The number of benzene rings is 2. The van der Waals surface area contributed by atoms with Gasteiger partial charge in [-0.25, -0.2) is 4.98 Å². The second-order valence-electron chi connectivity index (χ2n) is 6.71. The molecule has 0 unspecified atom stereocenters. The molecule has 0 saturated carbocycles. The molecular formula is C20H20N2O2. The van der Waals surface area contributed by atoms with Crippen molar-refractivity contribution in [1.29, 1.82) is 0 Å². The van der Waals surface area contributed by atoms with E-state index in [1.54, 1.807) is 0 Å². The fraction of sp³-hybridized carbons (Fsp3) is 0.300. The van der Waals surface area contributed by atoms with Gasteiger partial charge in [-0.15, -0.1) is 0 Å². The summed E-state index contributed by atoms with van der Waals surface area (Å²) in [6.45, 7) is 3.86. The number of hydrogen-bond acceptors (Lipinski definition) is 3. The van der Waals surface area contributed by atoms with Gasteiger partial charge in [-0.1, -0.05) is 24.3 Å². The summed E-state index contributed by atoms with van der Waals surface area (Å²) in [7, 11) is 0. The van der Waals surface area contributed by atoms with Crippen molar-refractivity contribution in [2.75, 3.05) is 5.32 Å². The summed E-state index contributed by atoms with van der Waals surface area (Å²) in [5, 5.41) is 3.07. The molecule has 4 nitrogen and oxygen atoms in total. The normalized spacial score (nSPS) is 19.9. The van der Waals surface area contributed by atoms with Gasteiger partial charge in [0.2, 0.25) is 5.91 Å². The van der Waals surface area contributed by atoms with Crippen molar-refractivity contribution in [2.24, 2.45) is 0 Å². The fourth-order valence-corrected chi connectivity index (χ4v) is 3.67. The van der Waals surface area contributed by atoms with Gasteiger partial charge in [0.25, 0.3) is 0 Å². The van der Waals surface area contributed by atoms with Crippen molar-refractivity contribution < 1.29 is 9.21 Å². The van der Waals surface area contributed by atoms with Crippen LogP contribution < -0.4 is 5.32 Å². The summed E-state index contributed by atoms with van der Waals surface area (Å²) in [6.07, 6.45) is 2.94. The summed E-state index contributed by atoms with van der Waals surface area (Å²) in [4.78, 5) is 17.4. The number of aromatic nitrogens is 1. The van der Waals surface area contributed by atoms with Crippen LogP contribution in [0, 0.1) is 6.92 Å². The van der Waals surface area contributed by atoms with Crippen molar-refractivity contribution in [2.45, 2.75) is 38.5 Å². The Morgan fingerprint density at radius 1 is 1.25 bits per heavy atom. The van der Waals surface area contributed by atoms with Crippen molar-refractivity contribution in [3.63, 3.8) is 0 Å². The number of anilines is 1. The number of rotatable bonds is 2. The second-order valence-corrected chi connectivity index (χ2v) is 6.71. The average molecular weight is 320 g/mol. The number of fused-ring (bicyclic) bond motifs is 2. The van der Waals surface area contributed by atoms with Gasteiger partial charge in [0.15, 0.2) is 11.5 Å². The minimum absolute atomic E-state index is 0.0363. The Balaban J connectivity index is 1.65. The van der Waals surface area contributed by atoms with E-state index in [1.165, 1.54) is 5.56 Å². The molecule has 122 valence electrons. The van der Waals surface area contributed by atoms with Crippen LogP contribution >= 0.6 is 0 Å². The van der Waals surface area contributed by atoms with E-state index in [9.17, 15) is 4.79 Å². The zero-order valence-electron chi connectivity index (χ0n) is 13.9. The molecule has 1 atom stereocenters. The van der Waals surface area contributed by atoms with E-state index in [1.807, 2.05) is 44.2 Å². The molecule has 1 aliphatic carbocycles. The van der Waals surface area contributed by atoms with E-state index in [0.29, 0.717) is 5.89 Å². The van der Waals surface area contributed by atoms with E-state index >= 15 is 0 Å². The standard InChI is InChI=1S/C20H20N2O2/c1-13-21-17-12-15(9-10-18(17)24-13)22-19(23)20(2)11-5-7-14-6-3-4-8-16(14)20/h3-4,6,8-10,12H,5,7,11H2,1-2H3,(H,22,23)/t20-/m0/s1. The van der Waals surface area contributed by atoms with Crippen LogP contribution in [0.1, 0.15) is 36.8 Å². The number of oxazole rings is 1. The minimum atomic E-state index is -0.496. The lowest BCUT2D eigenvalue weighted by atomic mass is 9.70. The van der Waals surface area contributed by atoms with Gasteiger partial charge in [0.1, 0.15) is 5.52 Å². The molecule has 0 saturated heterocycles. The predicted octanol–water partition coefficient (Wildman–Crippen LogP) is 4.37. The quantitative estimate of drug-likeness (QED) is 0.763. The molecule has 1 aliphatic rings. The van der Waals surface area contributed by atoms with Crippen LogP contribution in [-0.2, 0) is 16.6 Å². The van der Waals surface area contributed by atoms with E-state index in [4.69, 9.17) is 4.42 Å². The Hall–Kier alpha value is -2.62. The van der Waals surface area contributed by atoms with Crippen molar-refractivity contribution in [3.8, 4) is 0 Å². The topological polar surface area (TPSA) is 55.1 Å². The molecule has 1 heterocycles. The molecular weight excluding hydrogens is 300 g/mol. The number of aryl methyl sites for hydroxylation is 2. The lowest BCUT2D eigenvalue weighted by molar-refractivity contribution is -0.121. The Bertz CT molecular complexity index is 928. The molecule has 1 amide bonds. The molecule has 4 rings (SSSR count). The third-order valence-corrected chi connectivity index (χ3v) is 4.99. The van der Waals surface area contributed by atoms with Gasteiger partial charge < -0.3 is 9.73 Å². The summed E-state index contributed by atoms with van der Waals surface area (Å²) < 4.78 is 5.49. The zero-order valence-corrected chi connectivity index (χ0v) is 13.9. The van der Waals surface area contributed by atoms with Crippen molar-refractivity contribution >= 4 is 22.7 Å². The first kappa shape index (κ1) is 14.9. The minimum Gasteiger partial charge on any atom is -0.441 e. The maximum Gasteiger partial charge on any atom is 0.234 e. The highest BCUT2D eigenvalue weighted by molar-refractivity contribution is 6.00. The number of carbonyl (C=O) groups excluding carboxylic acids is 1. The fourth-order valence-electron chi connectivity index (χ4n) is 3.67. The van der Waals surface area contributed by atoms with Crippen LogP contribution in [-0.4, -0.2) is 10.9 Å². The molecule has 24 heavy (non-hydrogen) atoms. The molecule has 0 radical (unpaired) electrons. The SMILES string of the molecule is Cc1nc2cc(NC(=O)[C@@]3(C)CCCc4ccccc43)ccc2o1. The predicted molar refractivity (Wildman–Crippen MR) is 94.1 cm³/mol. The van der Waals surface area contributed by atoms with Gasteiger partial charge in [0.05, 0.1) is 5.41 Å². The lowest BCUT2D eigenvalue weighted by Gasteiger charge is -2.34. The van der Waals surface area contributed by atoms with Gasteiger partial charge in [-0.05, 0) is 55.5 Å². The van der Waals surface area contributed by atoms with Crippen LogP contribution in [0.3, 0.4) is 0 Å². The summed E-state index contributed by atoms with van der Waals surface area (Å²) in [5.41, 5.74) is 4.18.